The van der Waals surface area contributed by atoms with Gasteiger partial charge < -0.3 is 20.8 Å². The summed E-state index contributed by atoms with van der Waals surface area (Å²) in [5, 5.41) is 36.0. The Morgan fingerprint density at radius 3 is 2.88 bits per heavy atom. The Kier molecular flexibility index (Phi) is 7.26. The van der Waals surface area contributed by atoms with Gasteiger partial charge >= 0.3 is 5.97 Å². The molecule has 0 aliphatic rings. The van der Waals surface area contributed by atoms with Crippen molar-refractivity contribution in [2.75, 3.05) is 25.0 Å². The molecule has 0 saturated heterocycles. The minimum Gasteiger partial charge on any atom is -0.504 e. The Balaban J connectivity index is 1.60. The van der Waals surface area contributed by atoms with Crippen LogP contribution in [0.5, 0.6) is 5.75 Å². The minimum absolute atomic E-state index is 0.00687. The molecule has 4 N–H and O–H groups in total. The van der Waals surface area contributed by atoms with Crippen LogP contribution in [0, 0.1) is 11.3 Å². The number of aliphatic carboxylic acids is 1. The fourth-order valence-electron chi connectivity index (χ4n) is 2.37. The van der Waals surface area contributed by atoms with Crippen molar-refractivity contribution < 1.29 is 15.0 Å². The van der Waals surface area contributed by atoms with Crippen LogP contribution in [0.1, 0.15) is 22.4 Å². The Hall–Kier alpha value is -2.56. The molecule has 0 spiro atoms. The summed E-state index contributed by atoms with van der Waals surface area (Å²) in [5.41, 5.74) is 1.99. The van der Waals surface area contributed by atoms with Gasteiger partial charge in [0.25, 0.3) is 0 Å². The first-order chi connectivity index (χ1) is 12.1. The van der Waals surface area contributed by atoms with Gasteiger partial charge in [0.15, 0.2) is 5.75 Å². The molecule has 0 radical (unpaired) electrons. The van der Waals surface area contributed by atoms with Gasteiger partial charge in [-0.15, -0.1) is 11.3 Å². The zero-order valence-electron chi connectivity index (χ0n) is 13.8. The van der Waals surface area contributed by atoms with Crippen LogP contribution >= 0.6 is 11.3 Å². The Bertz CT molecular complexity index is 752. The van der Waals surface area contributed by atoms with Crippen molar-refractivity contribution in [1.29, 1.82) is 5.26 Å². The number of nitriles is 1. The highest BCUT2D eigenvalue weighted by Crippen LogP contribution is 2.26. The molecule has 0 fully saturated rings. The molecule has 0 bridgehead atoms. The van der Waals surface area contributed by atoms with Gasteiger partial charge in [-0.25, -0.2) is 0 Å². The van der Waals surface area contributed by atoms with Crippen LogP contribution in [0.25, 0.3) is 0 Å². The van der Waals surface area contributed by atoms with E-state index in [2.05, 4.69) is 10.6 Å². The Morgan fingerprint density at radius 2 is 2.12 bits per heavy atom. The number of nitrogens with one attached hydrogen (secondary N) is 2. The number of phenols is 1. The van der Waals surface area contributed by atoms with Gasteiger partial charge in [0.05, 0.1) is 17.7 Å². The quantitative estimate of drug-likeness (QED) is 0.384. The molecule has 7 heteroatoms. The second-order valence-corrected chi connectivity index (χ2v) is 6.58. The number of carbonyl (C=O) groups is 1. The van der Waals surface area contributed by atoms with Crippen molar-refractivity contribution in [1.82, 2.24) is 5.32 Å². The molecular weight excluding hydrogens is 338 g/mol. The largest absolute Gasteiger partial charge is 0.504 e. The van der Waals surface area contributed by atoms with Crippen LogP contribution in [0.4, 0.5) is 5.69 Å². The molecule has 2 rings (SSSR count). The fourth-order valence-corrected chi connectivity index (χ4v) is 3.28. The van der Waals surface area contributed by atoms with E-state index < -0.39 is 5.97 Å². The number of nitrogens with zero attached hydrogens (tertiary/aromatic N) is 1. The number of phenolic OH excluding ortho intramolecular Hbond substituents is 1. The first kappa shape index (κ1) is 18.8. The maximum Gasteiger partial charge on any atom is 0.308 e. The molecule has 132 valence electrons. The average Bonchev–Trinajstić information content (AvgIpc) is 3.02. The summed E-state index contributed by atoms with van der Waals surface area (Å²) < 4.78 is 0. The molecule has 0 aliphatic carbocycles. The molecular formula is C18H21N3O3S. The molecule has 1 heterocycles. The number of carboxylic acids is 1. The molecule has 0 aliphatic heterocycles. The van der Waals surface area contributed by atoms with Crippen LogP contribution < -0.4 is 10.6 Å². The third-order valence-corrected chi connectivity index (χ3v) is 4.61. The van der Waals surface area contributed by atoms with Gasteiger partial charge in [-0.1, -0.05) is 6.07 Å². The number of thiophene rings is 1. The van der Waals surface area contributed by atoms with Crippen molar-refractivity contribution in [2.24, 2.45) is 0 Å². The molecule has 6 nitrogen and oxygen atoms in total. The number of rotatable bonds is 10. The Labute approximate surface area is 150 Å². The normalized spacial score (nSPS) is 10.4. The van der Waals surface area contributed by atoms with Crippen molar-refractivity contribution >= 4 is 23.0 Å². The van der Waals surface area contributed by atoms with E-state index in [1.807, 2.05) is 17.5 Å². The first-order valence-electron chi connectivity index (χ1n) is 8.05. The summed E-state index contributed by atoms with van der Waals surface area (Å²) in [7, 11) is 0. The number of para-hydroxylation sites is 1. The number of anilines is 1. The number of hydrogen-bond acceptors (Lipinski definition) is 6. The predicted octanol–water partition coefficient (Wildman–Crippen LogP) is 2.59. The van der Waals surface area contributed by atoms with Crippen molar-refractivity contribution in [2.45, 2.75) is 19.3 Å². The predicted molar refractivity (Wildman–Crippen MR) is 98.2 cm³/mol. The maximum atomic E-state index is 10.7. The standard InChI is InChI=1S/C18H21N3O3S/c19-11-14-3-1-4-16(18(14)24)21-7-2-6-20-8-5-13-9-15(25-12-13)10-17(22)23/h1,3-4,9,12,20-21,24H,2,5-8,10H2,(H,22,23). The number of benzene rings is 1. The highest BCUT2D eigenvalue weighted by atomic mass is 32.1. The second kappa shape index (κ2) is 9.67. The van der Waals surface area contributed by atoms with Gasteiger partial charge in [-0.05, 0) is 55.1 Å². The van der Waals surface area contributed by atoms with Crippen LogP contribution in [0.15, 0.2) is 29.6 Å². The van der Waals surface area contributed by atoms with E-state index in [9.17, 15) is 9.90 Å². The molecule has 1 aromatic heterocycles. The second-order valence-electron chi connectivity index (χ2n) is 5.59. The van der Waals surface area contributed by atoms with Crippen molar-refractivity contribution in [3.05, 3.63) is 45.6 Å². The first-order valence-corrected chi connectivity index (χ1v) is 8.93. The van der Waals surface area contributed by atoms with Crippen molar-refractivity contribution in [3.63, 3.8) is 0 Å². The third-order valence-electron chi connectivity index (χ3n) is 3.63. The monoisotopic (exact) mass is 359 g/mol. The summed E-state index contributed by atoms with van der Waals surface area (Å²) in [6, 6.07) is 8.96. The molecule has 0 unspecified atom stereocenters. The average molecular weight is 359 g/mol. The van der Waals surface area contributed by atoms with Crippen LogP contribution in [0.3, 0.4) is 0 Å². The summed E-state index contributed by atoms with van der Waals surface area (Å²) in [5.74, 6) is -0.807. The smallest absolute Gasteiger partial charge is 0.308 e. The van der Waals surface area contributed by atoms with E-state index in [-0.39, 0.29) is 17.7 Å². The molecule has 0 atom stereocenters. The van der Waals surface area contributed by atoms with Gasteiger partial charge in [0, 0.05) is 11.4 Å². The maximum absolute atomic E-state index is 10.7. The number of hydrogen-bond donors (Lipinski definition) is 4. The Morgan fingerprint density at radius 1 is 1.28 bits per heavy atom. The highest BCUT2D eigenvalue weighted by Gasteiger charge is 2.06. The zero-order valence-corrected chi connectivity index (χ0v) is 14.6. The van der Waals surface area contributed by atoms with Crippen LogP contribution in [-0.2, 0) is 17.6 Å². The van der Waals surface area contributed by atoms with E-state index in [1.165, 1.54) is 11.3 Å². The van der Waals surface area contributed by atoms with Gasteiger partial charge in [0.1, 0.15) is 6.07 Å². The summed E-state index contributed by atoms with van der Waals surface area (Å²) in [4.78, 5) is 11.5. The van der Waals surface area contributed by atoms with Crippen LogP contribution in [0.2, 0.25) is 0 Å². The molecule has 2 aromatic rings. The van der Waals surface area contributed by atoms with Crippen molar-refractivity contribution in [3.8, 4) is 11.8 Å². The van der Waals surface area contributed by atoms with E-state index >= 15 is 0 Å². The van der Waals surface area contributed by atoms with E-state index in [4.69, 9.17) is 10.4 Å². The minimum atomic E-state index is -0.801. The summed E-state index contributed by atoms with van der Waals surface area (Å²) in [6.45, 7) is 2.35. The lowest BCUT2D eigenvalue weighted by molar-refractivity contribution is -0.136. The molecule has 0 amide bonds. The molecule has 1 aromatic carbocycles. The summed E-state index contributed by atoms with van der Waals surface area (Å²) >= 11 is 1.49. The fraction of sp³-hybridized carbons (Fsp3) is 0.333. The molecule has 0 saturated carbocycles. The number of aromatic hydroxyl groups is 1. The molecule has 25 heavy (non-hydrogen) atoms. The van der Waals surface area contributed by atoms with Gasteiger partial charge in [0.2, 0.25) is 0 Å². The van der Waals surface area contributed by atoms with Gasteiger partial charge in [-0.3, -0.25) is 4.79 Å². The van der Waals surface area contributed by atoms with Crippen LogP contribution in [-0.4, -0.2) is 35.8 Å². The van der Waals surface area contributed by atoms with E-state index in [0.29, 0.717) is 12.2 Å². The lowest BCUT2D eigenvalue weighted by atomic mass is 10.2. The topological polar surface area (TPSA) is 105 Å². The zero-order chi connectivity index (χ0) is 18.1. The highest BCUT2D eigenvalue weighted by molar-refractivity contribution is 7.10. The lowest BCUT2D eigenvalue weighted by Gasteiger charge is -2.09. The SMILES string of the molecule is N#Cc1cccc(NCCCNCCc2csc(CC(=O)O)c2)c1O. The third kappa shape index (κ3) is 6.10. The van der Waals surface area contributed by atoms with E-state index in [1.54, 1.807) is 18.2 Å². The lowest BCUT2D eigenvalue weighted by Crippen LogP contribution is -2.20. The van der Waals surface area contributed by atoms with E-state index in [0.717, 1.165) is 36.4 Å². The summed E-state index contributed by atoms with van der Waals surface area (Å²) in [6.07, 6.45) is 1.84. The van der Waals surface area contributed by atoms with Gasteiger partial charge in [-0.2, -0.15) is 5.26 Å². The number of carboxylic acid groups (broad SMARTS) is 1.